The predicted octanol–water partition coefficient (Wildman–Crippen LogP) is 5.89. The fourth-order valence-corrected chi connectivity index (χ4v) is 6.45. The van der Waals surface area contributed by atoms with Gasteiger partial charge < -0.3 is 0 Å². The molecule has 0 heterocycles. The lowest BCUT2D eigenvalue weighted by atomic mass is 10.0. The topological polar surface area (TPSA) is 0 Å². The molecule has 0 amide bonds. The van der Waals surface area contributed by atoms with Crippen LogP contribution in [0.15, 0.2) is 103 Å². The van der Waals surface area contributed by atoms with E-state index in [1.54, 1.807) is 0 Å². The molecule has 0 atom stereocenters. The molecule has 0 aromatic heterocycles. The molecule has 4 aromatic carbocycles. The molecule has 1 heteroatoms. The van der Waals surface area contributed by atoms with Crippen LogP contribution in [0, 0.1) is 0 Å². The molecule has 0 saturated heterocycles. The fourth-order valence-electron chi connectivity index (χ4n) is 4.09. The molecule has 5 rings (SSSR count). The first kappa shape index (κ1) is 16.5. The van der Waals surface area contributed by atoms with Gasteiger partial charge in [0.25, 0.3) is 0 Å². The summed E-state index contributed by atoms with van der Waals surface area (Å²) in [6, 6.07) is 37.8. The highest BCUT2D eigenvalue weighted by atomic mass is 31.1. The lowest BCUT2D eigenvalue weighted by Crippen LogP contribution is -2.13. The van der Waals surface area contributed by atoms with E-state index in [1.165, 1.54) is 38.4 Å². The van der Waals surface area contributed by atoms with Crippen LogP contribution < -0.4 is 10.6 Å². The minimum Gasteiger partial charge on any atom is -0.0622 e. The summed E-state index contributed by atoms with van der Waals surface area (Å²) in [4.78, 5) is 0. The Morgan fingerprint density at radius 1 is 0.556 bits per heavy atom. The molecule has 1 aliphatic rings. The van der Waals surface area contributed by atoms with Crippen LogP contribution in [0.1, 0.15) is 16.7 Å². The van der Waals surface area contributed by atoms with Gasteiger partial charge in [-0.1, -0.05) is 103 Å². The smallest absolute Gasteiger partial charge is 0.00105 e. The quantitative estimate of drug-likeness (QED) is 0.349. The summed E-state index contributed by atoms with van der Waals surface area (Å²) >= 11 is 0. The molecule has 0 fully saturated rings. The van der Waals surface area contributed by atoms with Crippen LogP contribution in [-0.2, 0) is 12.6 Å². The van der Waals surface area contributed by atoms with E-state index in [1.807, 2.05) is 0 Å². The van der Waals surface area contributed by atoms with Crippen LogP contribution >= 0.6 is 7.92 Å². The van der Waals surface area contributed by atoms with E-state index in [9.17, 15) is 0 Å². The van der Waals surface area contributed by atoms with E-state index in [0.29, 0.717) is 0 Å². The molecule has 4 aromatic rings. The van der Waals surface area contributed by atoms with Crippen molar-refractivity contribution < 1.29 is 0 Å². The van der Waals surface area contributed by atoms with Crippen molar-refractivity contribution in [1.29, 1.82) is 0 Å². The Morgan fingerprint density at radius 3 is 1.85 bits per heavy atom. The van der Waals surface area contributed by atoms with Crippen LogP contribution in [0.2, 0.25) is 0 Å². The van der Waals surface area contributed by atoms with Crippen molar-refractivity contribution in [2.24, 2.45) is 0 Å². The average Bonchev–Trinajstić information content (AvgIpc) is 3.13. The molecule has 0 unspecified atom stereocenters. The Bertz CT molecular complexity index is 1030. The van der Waals surface area contributed by atoms with Gasteiger partial charge in [0.05, 0.1) is 0 Å². The molecule has 130 valence electrons. The third kappa shape index (κ3) is 3.11. The number of fused-ring (bicyclic) bond motifs is 3. The van der Waals surface area contributed by atoms with Gasteiger partial charge in [0, 0.05) is 6.16 Å². The molecule has 27 heavy (non-hydrogen) atoms. The number of hydrogen-bond donors (Lipinski definition) is 0. The summed E-state index contributed by atoms with van der Waals surface area (Å²) in [5.74, 6) is 0. The first-order valence-electron chi connectivity index (χ1n) is 9.47. The van der Waals surface area contributed by atoms with Crippen molar-refractivity contribution in [2.75, 3.05) is 0 Å². The van der Waals surface area contributed by atoms with Crippen molar-refractivity contribution in [3.63, 3.8) is 0 Å². The summed E-state index contributed by atoms with van der Waals surface area (Å²) in [5, 5.41) is 2.90. The molecular weight excluding hydrogens is 343 g/mol. The highest BCUT2D eigenvalue weighted by Gasteiger charge is 2.22. The summed E-state index contributed by atoms with van der Waals surface area (Å²) in [6.45, 7) is 0. The normalized spacial score (nSPS) is 12.0. The number of benzene rings is 4. The Hall–Kier alpha value is -2.69. The van der Waals surface area contributed by atoms with Gasteiger partial charge in [0.1, 0.15) is 0 Å². The zero-order chi connectivity index (χ0) is 18.1. The van der Waals surface area contributed by atoms with E-state index in [0.717, 1.165) is 12.6 Å². The minimum atomic E-state index is -0.410. The van der Waals surface area contributed by atoms with Crippen molar-refractivity contribution >= 4 is 18.5 Å². The predicted molar refractivity (Wildman–Crippen MR) is 117 cm³/mol. The van der Waals surface area contributed by atoms with E-state index >= 15 is 0 Å². The standard InChI is InChI=1S/C26H21P/c1-3-12-22(13-4-1)27(23-14-5-2-6-15-23)19-21-11-9-17-25-24-16-8-7-10-20(24)18-26(21)25/h1-17H,18-19H2. The van der Waals surface area contributed by atoms with Crippen molar-refractivity contribution in [3.8, 4) is 11.1 Å². The molecule has 0 saturated carbocycles. The van der Waals surface area contributed by atoms with E-state index in [-0.39, 0.29) is 0 Å². The van der Waals surface area contributed by atoms with Gasteiger partial charge in [0.15, 0.2) is 0 Å². The van der Waals surface area contributed by atoms with Gasteiger partial charge in [-0.15, -0.1) is 0 Å². The second kappa shape index (κ2) is 7.14. The van der Waals surface area contributed by atoms with E-state index in [2.05, 4.69) is 103 Å². The average molecular weight is 364 g/mol. The van der Waals surface area contributed by atoms with Crippen LogP contribution in [-0.4, -0.2) is 0 Å². The molecule has 0 N–H and O–H groups in total. The lowest BCUT2D eigenvalue weighted by molar-refractivity contribution is 1.20. The van der Waals surface area contributed by atoms with Gasteiger partial charge in [-0.2, -0.15) is 0 Å². The largest absolute Gasteiger partial charge is 0.0622 e. The molecular formula is C26H21P. The second-order valence-electron chi connectivity index (χ2n) is 7.03. The summed E-state index contributed by atoms with van der Waals surface area (Å²) in [5.41, 5.74) is 7.33. The highest BCUT2D eigenvalue weighted by molar-refractivity contribution is 7.72. The van der Waals surface area contributed by atoms with Gasteiger partial charge in [0.2, 0.25) is 0 Å². The molecule has 0 aliphatic heterocycles. The molecule has 0 spiro atoms. The van der Waals surface area contributed by atoms with Gasteiger partial charge in [-0.05, 0) is 52.8 Å². The molecule has 0 radical (unpaired) electrons. The van der Waals surface area contributed by atoms with Gasteiger partial charge in [-0.25, -0.2) is 0 Å². The van der Waals surface area contributed by atoms with Gasteiger partial charge in [-0.3, -0.25) is 0 Å². The van der Waals surface area contributed by atoms with Gasteiger partial charge >= 0.3 is 0 Å². The summed E-state index contributed by atoms with van der Waals surface area (Å²) in [7, 11) is -0.410. The fraction of sp³-hybridized carbons (Fsp3) is 0.0769. The first-order valence-corrected chi connectivity index (χ1v) is 11.0. The van der Waals surface area contributed by atoms with E-state index in [4.69, 9.17) is 0 Å². The number of hydrogen-bond acceptors (Lipinski definition) is 0. The van der Waals surface area contributed by atoms with Crippen LogP contribution in [0.3, 0.4) is 0 Å². The Labute approximate surface area is 162 Å². The SMILES string of the molecule is c1ccc(P(Cc2cccc3c2Cc2ccccc2-3)c2ccccc2)cc1. The molecule has 0 bridgehead atoms. The Balaban J connectivity index is 1.57. The van der Waals surface area contributed by atoms with Crippen LogP contribution in [0.5, 0.6) is 0 Å². The number of rotatable bonds is 4. The van der Waals surface area contributed by atoms with Crippen molar-refractivity contribution in [3.05, 3.63) is 120 Å². The van der Waals surface area contributed by atoms with Crippen molar-refractivity contribution in [1.82, 2.24) is 0 Å². The summed E-state index contributed by atoms with van der Waals surface area (Å²) < 4.78 is 0. The maximum atomic E-state index is 2.34. The van der Waals surface area contributed by atoms with Crippen LogP contribution in [0.4, 0.5) is 0 Å². The molecule has 0 nitrogen and oxygen atoms in total. The lowest BCUT2D eigenvalue weighted by Gasteiger charge is -2.20. The maximum Gasteiger partial charge on any atom is 0.00105 e. The monoisotopic (exact) mass is 364 g/mol. The Kier molecular flexibility index (Phi) is 4.36. The summed E-state index contributed by atoms with van der Waals surface area (Å²) in [6.07, 6.45) is 2.16. The Morgan fingerprint density at radius 2 is 1.15 bits per heavy atom. The van der Waals surface area contributed by atoms with Crippen molar-refractivity contribution in [2.45, 2.75) is 12.6 Å². The van der Waals surface area contributed by atoms with E-state index < -0.39 is 7.92 Å². The minimum absolute atomic E-state index is 0.410. The zero-order valence-corrected chi connectivity index (χ0v) is 16.1. The maximum absolute atomic E-state index is 2.34. The first-order chi connectivity index (χ1) is 13.4. The highest BCUT2D eigenvalue weighted by Crippen LogP contribution is 2.43. The van der Waals surface area contributed by atoms with Crippen LogP contribution in [0.25, 0.3) is 11.1 Å². The second-order valence-corrected chi connectivity index (χ2v) is 9.24. The third-order valence-electron chi connectivity index (χ3n) is 5.41. The third-order valence-corrected chi connectivity index (χ3v) is 7.91. The zero-order valence-electron chi connectivity index (χ0n) is 15.2. The molecule has 1 aliphatic carbocycles.